The normalized spacial score (nSPS) is 14.7. The van der Waals surface area contributed by atoms with Crippen LogP contribution in [0.3, 0.4) is 0 Å². The molecular weight excluding hydrogens is 426 g/mol. The van der Waals surface area contributed by atoms with E-state index in [1.165, 1.54) is 6.33 Å². The van der Waals surface area contributed by atoms with E-state index < -0.39 is 0 Å². The first-order valence-corrected chi connectivity index (χ1v) is 11.4. The summed E-state index contributed by atoms with van der Waals surface area (Å²) in [6, 6.07) is 12.5. The van der Waals surface area contributed by atoms with Gasteiger partial charge in [0.25, 0.3) is 0 Å². The number of benzene rings is 1. The Morgan fingerprint density at radius 2 is 1.62 bits per heavy atom. The summed E-state index contributed by atoms with van der Waals surface area (Å²) in [4.78, 5) is 26.0. The summed E-state index contributed by atoms with van der Waals surface area (Å²) in [5, 5.41) is 1.93. The molecule has 1 aliphatic rings. The zero-order valence-electron chi connectivity index (χ0n) is 19.2. The van der Waals surface area contributed by atoms with Crippen molar-refractivity contribution in [1.29, 1.82) is 0 Å². The van der Waals surface area contributed by atoms with E-state index in [-0.39, 0.29) is 0 Å². The van der Waals surface area contributed by atoms with Gasteiger partial charge in [0.1, 0.15) is 17.8 Å². The summed E-state index contributed by atoms with van der Waals surface area (Å²) < 4.78 is 5.44. The molecule has 1 N–H and O–H groups in total. The van der Waals surface area contributed by atoms with Gasteiger partial charge in [0.2, 0.25) is 5.88 Å². The van der Waals surface area contributed by atoms with E-state index in [9.17, 15) is 0 Å². The maximum atomic E-state index is 5.44. The molecule has 4 aromatic heterocycles. The van der Waals surface area contributed by atoms with Gasteiger partial charge in [-0.3, -0.25) is 0 Å². The van der Waals surface area contributed by atoms with E-state index >= 15 is 0 Å². The Kier molecular flexibility index (Phi) is 5.07. The van der Waals surface area contributed by atoms with E-state index in [4.69, 9.17) is 9.72 Å². The van der Waals surface area contributed by atoms with Gasteiger partial charge in [0, 0.05) is 66.8 Å². The van der Waals surface area contributed by atoms with Crippen molar-refractivity contribution in [3.8, 4) is 28.1 Å². The van der Waals surface area contributed by atoms with Crippen LogP contribution in [0, 0.1) is 0 Å². The van der Waals surface area contributed by atoms with E-state index in [1.807, 2.05) is 24.7 Å². The number of methoxy groups -OCH3 is 1. The third kappa shape index (κ3) is 3.62. The van der Waals surface area contributed by atoms with Gasteiger partial charge in [-0.1, -0.05) is 6.07 Å². The molecule has 34 heavy (non-hydrogen) atoms. The van der Waals surface area contributed by atoms with E-state index in [0.717, 1.165) is 76.2 Å². The van der Waals surface area contributed by atoms with E-state index in [0.29, 0.717) is 5.88 Å². The van der Waals surface area contributed by atoms with E-state index in [1.54, 1.807) is 7.11 Å². The summed E-state index contributed by atoms with van der Waals surface area (Å²) in [7, 11) is 3.79. The van der Waals surface area contributed by atoms with Gasteiger partial charge < -0.3 is 19.5 Å². The van der Waals surface area contributed by atoms with Gasteiger partial charge in [-0.2, -0.15) is 0 Å². The molecule has 170 valence electrons. The Hall–Kier alpha value is -4.04. The fourth-order valence-electron chi connectivity index (χ4n) is 4.54. The number of nitrogens with zero attached hydrogens (tertiary/aromatic N) is 6. The zero-order chi connectivity index (χ0) is 23.1. The SMILES string of the molecule is COc1ncnc2ccc(-c3c[nH]c4ncc(-c5ccc(N6CCN(C)CC6)nc5)cc34)cc12. The van der Waals surface area contributed by atoms with Crippen LogP contribution in [0.5, 0.6) is 5.88 Å². The number of likely N-dealkylation sites (N-methyl/N-ethyl adjacent to an activating group) is 1. The lowest BCUT2D eigenvalue weighted by molar-refractivity contribution is 0.312. The van der Waals surface area contributed by atoms with Gasteiger partial charge in [-0.05, 0) is 42.9 Å². The number of nitrogens with one attached hydrogen (secondary N) is 1. The number of pyridine rings is 2. The van der Waals surface area contributed by atoms with Gasteiger partial charge >= 0.3 is 0 Å². The lowest BCUT2D eigenvalue weighted by Crippen LogP contribution is -2.44. The molecule has 8 nitrogen and oxygen atoms in total. The van der Waals surface area contributed by atoms with Crippen LogP contribution in [0.15, 0.2) is 61.3 Å². The van der Waals surface area contributed by atoms with E-state index in [2.05, 4.69) is 67.1 Å². The highest BCUT2D eigenvalue weighted by Gasteiger charge is 2.16. The van der Waals surface area contributed by atoms with Crippen molar-refractivity contribution in [2.45, 2.75) is 0 Å². The maximum Gasteiger partial charge on any atom is 0.224 e. The highest BCUT2D eigenvalue weighted by molar-refractivity contribution is 5.98. The van der Waals surface area contributed by atoms with Crippen molar-refractivity contribution >= 4 is 27.8 Å². The summed E-state index contributed by atoms with van der Waals surface area (Å²) in [5.41, 5.74) is 5.90. The predicted octanol–water partition coefficient (Wildman–Crippen LogP) is 4.00. The average molecular weight is 452 g/mol. The first kappa shape index (κ1) is 20.6. The first-order valence-electron chi connectivity index (χ1n) is 11.4. The topological polar surface area (TPSA) is 83.1 Å². The molecule has 0 radical (unpaired) electrons. The molecule has 0 atom stereocenters. The lowest BCUT2D eigenvalue weighted by Gasteiger charge is -2.33. The molecule has 8 heteroatoms. The van der Waals surface area contributed by atoms with Crippen molar-refractivity contribution in [3.05, 3.63) is 61.3 Å². The number of aromatic nitrogens is 5. The predicted molar refractivity (Wildman–Crippen MR) is 134 cm³/mol. The molecule has 0 aliphatic carbocycles. The molecule has 1 saturated heterocycles. The monoisotopic (exact) mass is 451 g/mol. The number of H-pyrrole nitrogens is 1. The number of ether oxygens (including phenoxy) is 1. The summed E-state index contributed by atoms with van der Waals surface area (Å²) in [5.74, 6) is 1.59. The number of aromatic amines is 1. The number of piperazine rings is 1. The molecule has 0 saturated carbocycles. The smallest absolute Gasteiger partial charge is 0.224 e. The fourth-order valence-corrected chi connectivity index (χ4v) is 4.54. The second-order valence-corrected chi connectivity index (χ2v) is 8.63. The number of rotatable bonds is 4. The molecular formula is C26H25N7O. The van der Waals surface area contributed by atoms with Gasteiger partial charge in [0.05, 0.1) is 18.0 Å². The minimum atomic E-state index is 0.567. The molecule has 6 rings (SSSR count). The maximum absolute atomic E-state index is 5.44. The molecule has 5 aromatic rings. The van der Waals surface area contributed by atoms with Crippen molar-refractivity contribution in [3.63, 3.8) is 0 Å². The van der Waals surface area contributed by atoms with Crippen LogP contribution in [0.2, 0.25) is 0 Å². The zero-order valence-corrected chi connectivity index (χ0v) is 19.2. The fraction of sp³-hybridized carbons (Fsp3) is 0.231. The number of hydrogen-bond donors (Lipinski definition) is 1. The Balaban J connectivity index is 1.35. The number of anilines is 1. The third-order valence-electron chi connectivity index (χ3n) is 6.54. The molecule has 0 unspecified atom stereocenters. The van der Waals surface area contributed by atoms with Crippen LogP contribution in [0.1, 0.15) is 0 Å². The Morgan fingerprint density at radius 3 is 2.41 bits per heavy atom. The standard InChI is InChI=1S/C26H25N7O/c1-32-7-9-33(10-8-32)24-6-4-18(13-27-24)19-12-20-22(15-29-25(20)28-14-19)17-3-5-23-21(11-17)26(34-2)31-16-30-23/h3-6,11-16H,7-10H2,1-2H3,(H,28,29). The largest absolute Gasteiger partial charge is 0.480 e. The average Bonchev–Trinajstić information content (AvgIpc) is 3.32. The molecule has 0 amide bonds. The lowest BCUT2D eigenvalue weighted by atomic mass is 10.0. The molecule has 1 fully saturated rings. The Bertz CT molecular complexity index is 1470. The van der Waals surface area contributed by atoms with Crippen molar-refractivity contribution in [1.82, 2.24) is 29.8 Å². The summed E-state index contributed by atoms with van der Waals surface area (Å²) in [6.45, 7) is 4.13. The van der Waals surface area contributed by atoms with Gasteiger partial charge in [-0.15, -0.1) is 0 Å². The second kappa shape index (κ2) is 8.39. The van der Waals surface area contributed by atoms with Gasteiger partial charge in [-0.25, -0.2) is 19.9 Å². The van der Waals surface area contributed by atoms with Crippen molar-refractivity contribution < 1.29 is 4.74 Å². The molecule has 1 aromatic carbocycles. The molecule has 0 spiro atoms. The van der Waals surface area contributed by atoms with Crippen LogP contribution in [0.25, 0.3) is 44.2 Å². The second-order valence-electron chi connectivity index (χ2n) is 8.63. The van der Waals surface area contributed by atoms with Crippen LogP contribution in [0.4, 0.5) is 5.82 Å². The van der Waals surface area contributed by atoms with Crippen LogP contribution in [-0.4, -0.2) is 70.2 Å². The minimum Gasteiger partial charge on any atom is -0.480 e. The Labute approximate surface area is 197 Å². The van der Waals surface area contributed by atoms with Gasteiger partial charge in [0.15, 0.2) is 0 Å². The Morgan fingerprint density at radius 1 is 0.824 bits per heavy atom. The van der Waals surface area contributed by atoms with Crippen LogP contribution < -0.4 is 9.64 Å². The first-order chi connectivity index (χ1) is 16.7. The van der Waals surface area contributed by atoms with Crippen LogP contribution >= 0.6 is 0 Å². The third-order valence-corrected chi connectivity index (χ3v) is 6.54. The quantitative estimate of drug-likeness (QED) is 0.442. The number of hydrogen-bond acceptors (Lipinski definition) is 7. The highest BCUT2D eigenvalue weighted by atomic mass is 16.5. The highest BCUT2D eigenvalue weighted by Crippen LogP contribution is 2.34. The summed E-state index contributed by atoms with van der Waals surface area (Å²) in [6.07, 6.45) is 7.35. The molecule has 1 aliphatic heterocycles. The molecule has 0 bridgehead atoms. The van der Waals surface area contributed by atoms with Crippen molar-refractivity contribution in [2.75, 3.05) is 45.2 Å². The molecule has 5 heterocycles. The number of fused-ring (bicyclic) bond motifs is 2. The van der Waals surface area contributed by atoms with Crippen molar-refractivity contribution in [2.24, 2.45) is 0 Å². The summed E-state index contributed by atoms with van der Waals surface area (Å²) >= 11 is 0. The van der Waals surface area contributed by atoms with Crippen LogP contribution in [-0.2, 0) is 0 Å². The minimum absolute atomic E-state index is 0.567.